The molecule has 2 fully saturated rings. The van der Waals surface area contributed by atoms with Gasteiger partial charge in [0.25, 0.3) is 0 Å². The summed E-state index contributed by atoms with van der Waals surface area (Å²) in [4.78, 5) is 23.4. The third kappa shape index (κ3) is 2.43. The zero-order valence-electron chi connectivity index (χ0n) is 12.9. The predicted molar refractivity (Wildman–Crippen MR) is 82.5 cm³/mol. The highest BCUT2D eigenvalue weighted by Gasteiger charge is 2.41. The van der Waals surface area contributed by atoms with Gasteiger partial charge in [-0.3, -0.25) is 4.79 Å². The van der Waals surface area contributed by atoms with Crippen molar-refractivity contribution in [3.63, 3.8) is 0 Å². The molecule has 2 unspecified atom stereocenters. The summed E-state index contributed by atoms with van der Waals surface area (Å²) >= 11 is 0. The summed E-state index contributed by atoms with van der Waals surface area (Å²) in [6.45, 7) is 8.56. The number of amides is 1. The number of carbonyl (C=O) groups excluding carboxylic acids is 1. The van der Waals surface area contributed by atoms with Gasteiger partial charge in [-0.05, 0) is 33.6 Å². The van der Waals surface area contributed by atoms with E-state index in [-0.39, 0.29) is 17.9 Å². The van der Waals surface area contributed by atoms with Gasteiger partial charge in [-0.1, -0.05) is 0 Å². The van der Waals surface area contributed by atoms with Crippen molar-refractivity contribution in [1.82, 2.24) is 15.3 Å². The number of anilines is 2. The summed E-state index contributed by atoms with van der Waals surface area (Å²) in [6, 6.07) is 0.230. The van der Waals surface area contributed by atoms with Gasteiger partial charge in [0, 0.05) is 25.2 Å². The number of hydrogen-bond acceptors (Lipinski definition) is 5. The lowest BCUT2D eigenvalue weighted by Gasteiger charge is -2.37. The number of hydrogen-bond donors (Lipinski definition) is 2. The van der Waals surface area contributed by atoms with E-state index < -0.39 is 0 Å². The summed E-state index contributed by atoms with van der Waals surface area (Å²) in [5, 5.41) is 6.30. The number of piperidine rings is 1. The maximum atomic E-state index is 11.9. The Hall–Kier alpha value is -1.85. The molecular weight excluding hydrogens is 266 g/mol. The molecule has 1 aromatic rings. The Labute approximate surface area is 125 Å². The van der Waals surface area contributed by atoms with Crippen LogP contribution in [0.3, 0.4) is 0 Å². The molecule has 114 valence electrons. The zero-order chi connectivity index (χ0) is 15.0. The van der Waals surface area contributed by atoms with Crippen LogP contribution in [0, 0.1) is 19.8 Å². The second-order valence-electron chi connectivity index (χ2n) is 5.85. The van der Waals surface area contributed by atoms with Crippen LogP contribution in [0.4, 0.5) is 11.6 Å². The number of aromatic nitrogens is 2. The standard InChI is InChI=1S/C15H23N5O/c1-4-16-13-9(2)14(19-10(3)18-13)20-7-5-6-11-12(20)8-17-15(11)21/h11-12H,4-8H2,1-3H3,(H,17,21)(H,16,18,19). The minimum absolute atomic E-state index is 0.107. The number of aryl methyl sites for hydroxylation is 1. The summed E-state index contributed by atoms with van der Waals surface area (Å²) in [5.74, 6) is 2.95. The lowest BCUT2D eigenvalue weighted by molar-refractivity contribution is -0.122. The molecule has 2 aliphatic rings. The maximum Gasteiger partial charge on any atom is 0.225 e. The molecule has 3 heterocycles. The van der Waals surface area contributed by atoms with E-state index in [4.69, 9.17) is 0 Å². The van der Waals surface area contributed by atoms with Crippen LogP contribution in [-0.2, 0) is 4.79 Å². The first-order chi connectivity index (χ1) is 10.1. The predicted octanol–water partition coefficient (Wildman–Crippen LogP) is 1.24. The van der Waals surface area contributed by atoms with Crippen LogP contribution in [0.25, 0.3) is 0 Å². The number of nitrogens with zero attached hydrogens (tertiary/aromatic N) is 3. The Kier molecular flexibility index (Phi) is 3.69. The van der Waals surface area contributed by atoms with Crippen LogP contribution in [0.5, 0.6) is 0 Å². The van der Waals surface area contributed by atoms with Crippen LogP contribution in [-0.4, -0.2) is 41.6 Å². The SMILES string of the molecule is CCNc1nc(C)nc(N2CCCC3C(=O)NCC32)c1C. The molecule has 21 heavy (non-hydrogen) atoms. The Morgan fingerprint density at radius 3 is 2.95 bits per heavy atom. The highest BCUT2D eigenvalue weighted by molar-refractivity contribution is 5.83. The van der Waals surface area contributed by atoms with Crippen molar-refractivity contribution >= 4 is 17.5 Å². The van der Waals surface area contributed by atoms with Gasteiger partial charge < -0.3 is 15.5 Å². The highest BCUT2D eigenvalue weighted by atomic mass is 16.2. The average molecular weight is 289 g/mol. The van der Waals surface area contributed by atoms with Gasteiger partial charge in [-0.15, -0.1) is 0 Å². The summed E-state index contributed by atoms with van der Waals surface area (Å²) in [6.07, 6.45) is 2.02. The zero-order valence-corrected chi connectivity index (χ0v) is 12.9. The van der Waals surface area contributed by atoms with E-state index in [1.54, 1.807) is 0 Å². The Morgan fingerprint density at radius 2 is 2.19 bits per heavy atom. The summed E-state index contributed by atoms with van der Waals surface area (Å²) in [7, 11) is 0. The molecule has 2 N–H and O–H groups in total. The molecule has 1 amide bonds. The van der Waals surface area contributed by atoms with E-state index in [1.165, 1.54) is 0 Å². The van der Waals surface area contributed by atoms with Crippen LogP contribution in [0.15, 0.2) is 0 Å². The van der Waals surface area contributed by atoms with Crippen molar-refractivity contribution in [2.24, 2.45) is 5.92 Å². The number of nitrogens with one attached hydrogen (secondary N) is 2. The molecule has 2 saturated heterocycles. The minimum Gasteiger partial charge on any atom is -0.370 e. The first kappa shape index (κ1) is 14.1. The van der Waals surface area contributed by atoms with Gasteiger partial charge in [-0.25, -0.2) is 9.97 Å². The fourth-order valence-electron chi connectivity index (χ4n) is 3.45. The van der Waals surface area contributed by atoms with Gasteiger partial charge in [0.2, 0.25) is 5.91 Å². The van der Waals surface area contributed by atoms with Crippen LogP contribution >= 0.6 is 0 Å². The fraction of sp³-hybridized carbons (Fsp3) is 0.667. The topological polar surface area (TPSA) is 70.2 Å². The van der Waals surface area contributed by atoms with Gasteiger partial charge in [0.15, 0.2) is 0 Å². The molecule has 0 bridgehead atoms. The van der Waals surface area contributed by atoms with Crippen LogP contribution in [0.1, 0.15) is 31.2 Å². The van der Waals surface area contributed by atoms with Crippen molar-refractivity contribution in [3.05, 3.63) is 11.4 Å². The normalized spacial score (nSPS) is 24.7. The molecule has 0 aromatic carbocycles. The van der Waals surface area contributed by atoms with Crippen molar-refractivity contribution in [1.29, 1.82) is 0 Å². The second-order valence-corrected chi connectivity index (χ2v) is 5.85. The minimum atomic E-state index is 0.107. The average Bonchev–Trinajstić information content (AvgIpc) is 2.85. The van der Waals surface area contributed by atoms with Crippen molar-refractivity contribution in [3.8, 4) is 0 Å². The molecule has 6 nitrogen and oxygen atoms in total. The lowest BCUT2D eigenvalue weighted by atomic mass is 9.91. The Bertz CT molecular complexity index is 559. The maximum absolute atomic E-state index is 11.9. The summed E-state index contributed by atoms with van der Waals surface area (Å²) < 4.78 is 0. The molecule has 0 saturated carbocycles. The smallest absolute Gasteiger partial charge is 0.225 e. The monoisotopic (exact) mass is 289 g/mol. The van der Waals surface area contributed by atoms with Gasteiger partial charge in [-0.2, -0.15) is 0 Å². The Morgan fingerprint density at radius 1 is 1.38 bits per heavy atom. The van der Waals surface area contributed by atoms with Crippen LogP contribution < -0.4 is 15.5 Å². The van der Waals surface area contributed by atoms with Gasteiger partial charge >= 0.3 is 0 Å². The van der Waals surface area contributed by atoms with Crippen LogP contribution in [0.2, 0.25) is 0 Å². The van der Waals surface area contributed by atoms with E-state index in [9.17, 15) is 4.79 Å². The third-order valence-electron chi connectivity index (χ3n) is 4.45. The van der Waals surface area contributed by atoms with Gasteiger partial charge in [0.05, 0.1) is 12.0 Å². The van der Waals surface area contributed by atoms with Crippen molar-refractivity contribution in [2.75, 3.05) is 29.9 Å². The molecule has 2 atom stereocenters. The second kappa shape index (κ2) is 5.50. The number of rotatable bonds is 3. The number of carbonyl (C=O) groups is 1. The summed E-state index contributed by atoms with van der Waals surface area (Å²) in [5.41, 5.74) is 1.07. The fourth-order valence-corrected chi connectivity index (χ4v) is 3.45. The number of fused-ring (bicyclic) bond motifs is 1. The molecule has 2 aliphatic heterocycles. The molecule has 3 rings (SSSR count). The van der Waals surface area contributed by atoms with Crippen molar-refractivity contribution < 1.29 is 4.79 Å². The van der Waals surface area contributed by atoms with E-state index >= 15 is 0 Å². The van der Waals surface area contributed by atoms with E-state index in [1.807, 2.05) is 6.92 Å². The largest absolute Gasteiger partial charge is 0.370 e. The van der Waals surface area contributed by atoms with E-state index in [2.05, 4.69) is 39.3 Å². The molecular formula is C15H23N5O. The molecule has 0 radical (unpaired) electrons. The lowest BCUT2D eigenvalue weighted by Crippen LogP contribution is -2.46. The first-order valence-corrected chi connectivity index (χ1v) is 7.75. The Balaban J connectivity index is 1.97. The van der Waals surface area contributed by atoms with E-state index in [0.29, 0.717) is 0 Å². The third-order valence-corrected chi connectivity index (χ3v) is 4.45. The highest BCUT2D eigenvalue weighted by Crippen LogP contribution is 2.33. The quantitative estimate of drug-likeness (QED) is 0.876. The molecule has 1 aromatic heterocycles. The first-order valence-electron chi connectivity index (χ1n) is 7.75. The van der Waals surface area contributed by atoms with E-state index in [0.717, 1.165) is 55.5 Å². The van der Waals surface area contributed by atoms with Gasteiger partial charge in [0.1, 0.15) is 17.5 Å². The molecule has 0 spiro atoms. The molecule has 6 heteroatoms. The van der Waals surface area contributed by atoms with Crippen molar-refractivity contribution in [2.45, 2.75) is 39.7 Å². The molecule has 0 aliphatic carbocycles.